The zero-order valence-electron chi connectivity index (χ0n) is 10.7. The van der Waals surface area contributed by atoms with Gasteiger partial charge in [0.15, 0.2) is 0 Å². The number of allylic oxidation sites excluding steroid dienone is 4. The summed E-state index contributed by atoms with van der Waals surface area (Å²) in [4.78, 5) is 0. The van der Waals surface area contributed by atoms with Crippen LogP contribution in [0.15, 0.2) is 36.5 Å². The van der Waals surface area contributed by atoms with Crippen LogP contribution in [0.1, 0.15) is 39.5 Å². The first-order valence-electron chi connectivity index (χ1n) is 6.61. The second-order valence-corrected chi connectivity index (χ2v) is 5.83. The van der Waals surface area contributed by atoms with Gasteiger partial charge in [0.25, 0.3) is 0 Å². The Morgan fingerprint density at radius 3 is 2.69 bits per heavy atom. The summed E-state index contributed by atoms with van der Waals surface area (Å²) in [6.07, 6.45) is 9.50. The van der Waals surface area contributed by atoms with Crippen molar-refractivity contribution < 1.29 is 0 Å². The highest BCUT2D eigenvalue weighted by Gasteiger charge is 2.38. The lowest BCUT2D eigenvalue weighted by Gasteiger charge is -2.23. The average molecular weight is 216 g/mol. The molecule has 2 aliphatic carbocycles. The zero-order chi connectivity index (χ0) is 11.7. The van der Waals surface area contributed by atoms with E-state index in [0.717, 1.165) is 24.2 Å². The Bertz CT molecular complexity index is 321. The number of hydrogen-bond acceptors (Lipinski definition) is 0. The topological polar surface area (TPSA) is 0 Å². The van der Waals surface area contributed by atoms with Gasteiger partial charge < -0.3 is 0 Å². The summed E-state index contributed by atoms with van der Waals surface area (Å²) in [6, 6.07) is 0. The Balaban J connectivity index is 2.17. The zero-order valence-corrected chi connectivity index (χ0v) is 10.7. The van der Waals surface area contributed by atoms with Crippen LogP contribution in [0.4, 0.5) is 0 Å². The van der Waals surface area contributed by atoms with Gasteiger partial charge in [0.05, 0.1) is 0 Å². The molecule has 16 heavy (non-hydrogen) atoms. The lowest BCUT2D eigenvalue weighted by molar-refractivity contribution is 0.364. The van der Waals surface area contributed by atoms with Crippen LogP contribution in [-0.4, -0.2) is 0 Å². The Labute approximate surface area is 100 Å². The summed E-state index contributed by atoms with van der Waals surface area (Å²) in [5.74, 6) is 3.06. The largest absolute Gasteiger partial charge is 0.103 e. The molecule has 2 aliphatic rings. The lowest BCUT2D eigenvalue weighted by atomic mass is 9.81. The van der Waals surface area contributed by atoms with E-state index in [-0.39, 0.29) is 0 Å². The quantitative estimate of drug-likeness (QED) is 0.597. The van der Waals surface area contributed by atoms with Crippen molar-refractivity contribution in [1.29, 1.82) is 0 Å². The molecule has 4 unspecified atom stereocenters. The fraction of sp³-hybridized carbons (Fsp3) is 0.625. The summed E-state index contributed by atoms with van der Waals surface area (Å²) < 4.78 is 0. The molecule has 0 aromatic rings. The predicted molar refractivity (Wildman–Crippen MR) is 71.2 cm³/mol. The van der Waals surface area contributed by atoms with Crippen LogP contribution in [0, 0.1) is 23.7 Å². The Morgan fingerprint density at radius 1 is 1.38 bits per heavy atom. The first-order chi connectivity index (χ1) is 7.63. The van der Waals surface area contributed by atoms with Crippen LogP contribution in [-0.2, 0) is 0 Å². The molecule has 4 atom stereocenters. The second-order valence-electron chi connectivity index (χ2n) is 5.83. The van der Waals surface area contributed by atoms with Crippen molar-refractivity contribution in [2.45, 2.75) is 39.5 Å². The number of rotatable bonds is 3. The van der Waals surface area contributed by atoms with Crippen molar-refractivity contribution in [3.8, 4) is 0 Å². The maximum atomic E-state index is 4.31. The fourth-order valence-corrected chi connectivity index (χ4v) is 3.60. The molecule has 2 rings (SSSR count). The van der Waals surface area contributed by atoms with Gasteiger partial charge in [-0.25, -0.2) is 0 Å². The molecule has 0 nitrogen and oxygen atoms in total. The SMILES string of the molecule is C=CCC1C(C)CC(=C)C1C1=CCC(C)C1. The molecule has 1 fully saturated rings. The lowest BCUT2D eigenvalue weighted by Crippen LogP contribution is -2.15. The minimum absolute atomic E-state index is 0.665. The van der Waals surface area contributed by atoms with E-state index in [4.69, 9.17) is 0 Å². The van der Waals surface area contributed by atoms with Crippen molar-refractivity contribution in [2.24, 2.45) is 23.7 Å². The van der Waals surface area contributed by atoms with E-state index in [9.17, 15) is 0 Å². The van der Waals surface area contributed by atoms with Crippen molar-refractivity contribution >= 4 is 0 Å². The molecule has 0 heteroatoms. The first-order valence-corrected chi connectivity index (χ1v) is 6.61. The molecule has 0 amide bonds. The molecule has 88 valence electrons. The molecular weight excluding hydrogens is 192 g/mol. The minimum atomic E-state index is 0.665. The molecule has 0 heterocycles. The van der Waals surface area contributed by atoms with Gasteiger partial charge in [-0.1, -0.05) is 43.7 Å². The van der Waals surface area contributed by atoms with Gasteiger partial charge in [0.2, 0.25) is 0 Å². The van der Waals surface area contributed by atoms with Gasteiger partial charge in [-0.3, -0.25) is 0 Å². The van der Waals surface area contributed by atoms with Gasteiger partial charge in [0, 0.05) is 5.92 Å². The molecule has 0 radical (unpaired) electrons. The predicted octanol–water partition coefficient (Wildman–Crippen LogP) is 4.75. The van der Waals surface area contributed by atoms with E-state index in [0.29, 0.717) is 5.92 Å². The van der Waals surface area contributed by atoms with E-state index in [1.165, 1.54) is 24.8 Å². The Morgan fingerprint density at radius 2 is 2.12 bits per heavy atom. The smallest absolute Gasteiger partial charge is 0.00383 e. The maximum absolute atomic E-state index is 4.31. The van der Waals surface area contributed by atoms with Crippen LogP contribution in [0.25, 0.3) is 0 Å². The van der Waals surface area contributed by atoms with E-state index in [1.54, 1.807) is 5.57 Å². The van der Waals surface area contributed by atoms with Crippen molar-refractivity contribution in [2.75, 3.05) is 0 Å². The van der Waals surface area contributed by atoms with E-state index in [2.05, 4.69) is 39.2 Å². The minimum Gasteiger partial charge on any atom is -0.103 e. The molecule has 0 aromatic carbocycles. The molecule has 0 N–H and O–H groups in total. The highest BCUT2D eigenvalue weighted by molar-refractivity contribution is 5.28. The van der Waals surface area contributed by atoms with Crippen LogP contribution in [0.5, 0.6) is 0 Å². The van der Waals surface area contributed by atoms with Gasteiger partial charge in [0.1, 0.15) is 0 Å². The van der Waals surface area contributed by atoms with Crippen LogP contribution >= 0.6 is 0 Å². The normalized spacial score (nSPS) is 38.9. The summed E-state index contributed by atoms with van der Waals surface area (Å²) >= 11 is 0. The van der Waals surface area contributed by atoms with Gasteiger partial charge in [-0.05, 0) is 43.4 Å². The van der Waals surface area contributed by atoms with Crippen LogP contribution in [0.2, 0.25) is 0 Å². The molecule has 0 aromatic heterocycles. The molecule has 1 saturated carbocycles. The molecule has 0 spiro atoms. The van der Waals surface area contributed by atoms with Crippen molar-refractivity contribution in [3.05, 3.63) is 36.5 Å². The fourth-order valence-electron chi connectivity index (χ4n) is 3.60. The van der Waals surface area contributed by atoms with Crippen LogP contribution < -0.4 is 0 Å². The molecule has 0 bridgehead atoms. The standard InChI is InChI=1S/C16H24/c1-5-6-15-12(3)10-13(4)16(15)14-8-7-11(2)9-14/h5,8,11-12,15-16H,1,4,6-7,9-10H2,2-3H3. The third-order valence-electron chi connectivity index (χ3n) is 4.39. The highest BCUT2D eigenvalue weighted by Crippen LogP contribution is 2.49. The van der Waals surface area contributed by atoms with Gasteiger partial charge in [-0.2, -0.15) is 0 Å². The van der Waals surface area contributed by atoms with E-state index in [1.807, 2.05) is 0 Å². The van der Waals surface area contributed by atoms with Crippen molar-refractivity contribution in [1.82, 2.24) is 0 Å². The van der Waals surface area contributed by atoms with Crippen LogP contribution in [0.3, 0.4) is 0 Å². The van der Waals surface area contributed by atoms with Gasteiger partial charge >= 0.3 is 0 Å². The maximum Gasteiger partial charge on any atom is 0.00383 e. The first kappa shape index (κ1) is 11.7. The highest BCUT2D eigenvalue weighted by atomic mass is 14.4. The molecular formula is C16H24. The summed E-state index contributed by atoms with van der Waals surface area (Å²) in [5, 5.41) is 0. The summed E-state index contributed by atoms with van der Waals surface area (Å²) in [5.41, 5.74) is 3.15. The second kappa shape index (κ2) is 4.61. The third-order valence-corrected chi connectivity index (χ3v) is 4.39. The monoisotopic (exact) mass is 216 g/mol. The van der Waals surface area contributed by atoms with E-state index < -0.39 is 0 Å². The van der Waals surface area contributed by atoms with Gasteiger partial charge in [-0.15, -0.1) is 6.58 Å². The average Bonchev–Trinajstić information content (AvgIpc) is 2.73. The third kappa shape index (κ3) is 2.03. The Kier molecular flexibility index (Phi) is 3.37. The van der Waals surface area contributed by atoms with E-state index >= 15 is 0 Å². The summed E-state index contributed by atoms with van der Waals surface area (Å²) in [7, 11) is 0. The molecule has 0 saturated heterocycles. The Hall–Kier alpha value is -0.780. The number of hydrogen-bond donors (Lipinski definition) is 0. The summed E-state index contributed by atoms with van der Waals surface area (Å²) in [6.45, 7) is 13.0. The molecule has 0 aliphatic heterocycles. The van der Waals surface area contributed by atoms with Crippen molar-refractivity contribution in [3.63, 3.8) is 0 Å².